The summed E-state index contributed by atoms with van der Waals surface area (Å²) >= 11 is 1.65. The van der Waals surface area contributed by atoms with Gasteiger partial charge in [0, 0.05) is 11.9 Å². The van der Waals surface area contributed by atoms with Crippen molar-refractivity contribution in [1.29, 1.82) is 0 Å². The molecule has 0 aromatic carbocycles. The summed E-state index contributed by atoms with van der Waals surface area (Å²) in [6.07, 6.45) is 5.64. The van der Waals surface area contributed by atoms with Crippen LogP contribution in [-0.2, 0) is 13.1 Å². The second-order valence-corrected chi connectivity index (χ2v) is 5.55. The first kappa shape index (κ1) is 13.7. The summed E-state index contributed by atoms with van der Waals surface area (Å²) in [5, 5.41) is 6.04. The van der Waals surface area contributed by atoms with Crippen molar-refractivity contribution in [2.45, 2.75) is 20.0 Å². The number of aromatic nitrogens is 1. The molecule has 1 N–H and O–H groups in total. The van der Waals surface area contributed by atoms with Gasteiger partial charge in [-0.25, -0.2) is 0 Å². The van der Waals surface area contributed by atoms with Gasteiger partial charge in [-0.3, -0.25) is 4.79 Å². The average Bonchev–Trinajstić information content (AvgIpc) is 3.19. The van der Waals surface area contributed by atoms with E-state index in [1.54, 1.807) is 17.6 Å². The van der Waals surface area contributed by atoms with Crippen LogP contribution in [0.2, 0.25) is 0 Å². The highest BCUT2D eigenvalue weighted by Gasteiger charge is 2.15. The van der Waals surface area contributed by atoms with Crippen LogP contribution in [0.4, 0.5) is 0 Å². The van der Waals surface area contributed by atoms with Gasteiger partial charge in [0.1, 0.15) is 16.3 Å². The quantitative estimate of drug-likeness (QED) is 0.728. The zero-order valence-electron chi connectivity index (χ0n) is 11.7. The lowest BCUT2D eigenvalue weighted by Gasteiger charge is -2.07. The maximum atomic E-state index is 12.4. The van der Waals surface area contributed by atoms with Crippen molar-refractivity contribution in [2.24, 2.45) is 0 Å². The number of furan rings is 1. The zero-order chi connectivity index (χ0) is 14.7. The number of thiophene rings is 1. The minimum absolute atomic E-state index is 0.0840. The van der Waals surface area contributed by atoms with Gasteiger partial charge in [0.2, 0.25) is 0 Å². The molecule has 5 heteroatoms. The summed E-state index contributed by atoms with van der Waals surface area (Å²) in [5.41, 5.74) is 0.682. The maximum absolute atomic E-state index is 12.4. The lowest BCUT2D eigenvalue weighted by molar-refractivity contribution is 0.0939. The van der Waals surface area contributed by atoms with Crippen LogP contribution in [0.5, 0.6) is 0 Å². The molecule has 1 amide bonds. The molecule has 0 radical (unpaired) electrons. The molecule has 21 heavy (non-hydrogen) atoms. The maximum Gasteiger partial charge on any atom is 0.268 e. The highest BCUT2D eigenvalue weighted by Crippen LogP contribution is 2.25. The van der Waals surface area contributed by atoms with Gasteiger partial charge in [-0.1, -0.05) is 12.2 Å². The van der Waals surface area contributed by atoms with E-state index in [2.05, 4.69) is 5.32 Å². The second-order valence-electron chi connectivity index (χ2n) is 4.65. The van der Waals surface area contributed by atoms with Gasteiger partial charge >= 0.3 is 0 Å². The van der Waals surface area contributed by atoms with E-state index in [4.69, 9.17) is 4.42 Å². The number of carbonyl (C=O) groups excluding carboxylic acids is 1. The Hall–Kier alpha value is -2.27. The van der Waals surface area contributed by atoms with Crippen LogP contribution in [0.3, 0.4) is 0 Å². The number of hydrogen-bond acceptors (Lipinski definition) is 3. The number of allylic oxidation sites excluding steroid dienone is 2. The van der Waals surface area contributed by atoms with Gasteiger partial charge in [-0.2, -0.15) is 0 Å². The molecule has 0 aliphatic rings. The number of nitrogens with one attached hydrogen (secondary N) is 1. The predicted octanol–water partition coefficient (Wildman–Crippen LogP) is 3.80. The monoisotopic (exact) mass is 300 g/mol. The molecule has 0 unspecified atom stereocenters. The van der Waals surface area contributed by atoms with Gasteiger partial charge in [-0.05, 0) is 36.6 Å². The molecule has 3 aromatic heterocycles. The molecule has 3 rings (SSSR count). The SMILES string of the molecule is C/C=C\Cn1c(C(=O)NCc2ccco2)cc2ccsc21. The first-order valence-corrected chi connectivity index (χ1v) is 7.66. The first-order chi connectivity index (χ1) is 10.3. The van der Waals surface area contributed by atoms with E-state index in [1.165, 1.54) is 0 Å². The third kappa shape index (κ3) is 2.78. The van der Waals surface area contributed by atoms with Crippen LogP contribution in [0, 0.1) is 0 Å². The molecule has 0 aliphatic heterocycles. The molecule has 0 spiro atoms. The fourth-order valence-corrected chi connectivity index (χ4v) is 3.13. The van der Waals surface area contributed by atoms with Gasteiger partial charge in [0.15, 0.2) is 0 Å². The Kier molecular flexibility index (Phi) is 3.92. The third-order valence-electron chi connectivity index (χ3n) is 3.26. The van der Waals surface area contributed by atoms with E-state index >= 15 is 0 Å². The van der Waals surface area contributed by atoms with E-state index in [0.717, 1.165) is 16.0 Å². The lowest BCUT2D eigenvalue weighted by atomic mass is 10.3. The van der Waals surface area contributed by atoms with Crippen LogP contribution < -0.4 is 5.32 Å². The number of carbonyl (C=O) groups is 1. The van der Waals surface area contributed by atoms with Crippen molar-refractivity contribution in [3.63, 3.8) is 0 Å². The molecule has 0 bridgehead atoms. The Morgan fingerprint density at radius 1 is 1.48 bits per heavy atom. The minimum atomic E-state index is -0.0840. The molecule has 0 saturated heterocycles. The topological polar surface area (TPSA) is 47.2 Å². The lowest BCUT2D eigenvalue weighted by Crippen LogP contribution is -2.25. The third-order valence-corrected chi connectivity index (χ3v) is 4.21. The Morgan fingerprint density at radius 3 is 3.14 bits per heavy atom. The summed E-state index contributed by atoms with van der Waals surface area (Å²) in [4.78, 5) is 13.5. The fraction of sp³-hybridized carbons (Fsp3) is 0.188. The molecule has 0 saturated carbocycles. The van der Waals surface area contributed by atoms with Crippen molar-refractivity contribution in [1.82, 2.24) is 9.88 Å². The highest BCUT2D eigenvalue weighted by atomic mass is 32.1. The van der Waals surface area contributed by atoms with Gasteiger partial charge < -0.3 is 14.3 Å². The smallest absolute Gasteiger partial charge is 0.268 e. The van der Waals surface area contributed by atoms with Crippen LogP contribution in [0.15, 0.2) is 52.5 Å². The summed E-state index contributed by atoms with van der Waals surface area (Å²) in [6, 6.07) is 7.63. The van der Waals surface area contributed by atoms with Crippen molar-refractivity contribution in [3.8, 4) is 0 Å². The van der Waals surface area contributed by atoms with Crippen LogP contribution in [-0.4, -0.2) is 10.5 Å². The van der Waals surface area contributed by atoms with Gasteiger partial charge in [-0.15, -0.1) is 11.3 Å². The van der Waals surface area contributed by atoms with E-state index in [-0.39, 0.29) is 5.91 Å². The minimum Gasteiger partial charge on any atom is -0.467 e. The van der Waals surface area contributed by atoms with Crippen LogP contribution >= 0.6 is 11.3 Å². The van der Waals surface area contributed by atoms with Crippen LogP contribution in [0.1, 0.15) is 23.2 Å². The zero-order valence-corrected chi connectivity index (χ0v) is 12.5. The van der Waals surface area contributed by atoms with Gasteiger partial charge in [0.25, 0.3) is 5.91 Å². The van der Waals surface area contributed by atoms with E-state index in [9.17, 15) is 4.79 Å². The molecular formula is C16H16N2O2S. The standard InChI is InChI=1S/C16H16N2O2S/c1-2-3-7-18-14(10-12-6-9-21-16(12)18)15(19)17-11-13-5-4-8-20-13/h2-6,8-10H,7,11H2,1H3,(H,17,19)/b3-2-. The summed E-state index contributed by atoms with van der Waals surface area (Å²) in [6.45, 7) is 3.07. The van der Waals surface area contributed by atoms with E-state index in [0.29, 0.717) is 18.8 Å². The molecule has 3 aromatic rings. The molecule has 0 fully saturated rings. The number of rotatable bonds is 5. The molecule has 0 aliphatic carbocycles. The van der Waals surface area contributed by atoms with Gasteiger partial charge in [0.05, 0.1) is 12.8 Å². The predicted molar refractivity (Wildman–Crippen MR) is 84.5 cm³/mol. The number of nitrogens with zero attached hydrogens (tertiary/aromatic N) is 1. The van der Waals surface area contributed by atoms with E-state index in [1.807, 2.05) is 53.3 Å². The molecule has 0 atom stereocenters. The van der Waals surface area contributed by atoms with Crippen molar-refractivity contribution in [2.75, 3.05) is 0 Å². The number of amides is 1. The van der Waals surface area contributed by atoms with Crippen molar-refractivity contribution >= 4 is 27.5 Å². The Bertz CT molecular complexity index is 766. The fourth-order valence-electron chi connectivity index (χ4n) is 2.23. The summed E-state index contributed by atoms with van der Waals surface area (Å²) in [7, 11) is 0. The normalized spacial score (nSPS) is 11.5. The second kappa shape index (κ2) is 6.01. The Morgan fingerprint density at radius 2 is 2.38 bits per heavy atom. The molecule has 4 nitrogen and oxygen atoms in total. The number of fused-ring (bicyclic) bond motifs is 1. The Balaban J connectivity index is 1.84. The molecular weight excluding hydrogens is 284 g/mol. The van der Waals surface area contributed by atoms with E-state index < -0.39 is 0 Å². The number of hydrogen-bond donors (Lipinski definition) is 1. The highest BCUT2D eigenvalue weighted by molar-refractivity contribution is 7.16. The summed E-state index contributed by atoms with van der Waals surface area (Å²) < 4.78 is 7.27. The Labute approximate surface area is 126 Å². The van der Waals surface area contributed by atoms with Crippen LogP contribution in [0.25, 0.3) is 10.2 Å². The molecule has 3 heterocycles. The van der Waals surface area contributed by atoms with Crippen molar-refractivity contribution in [3.05, 3.63) is 59.5 Å². The average molecular weight is 300 g/mol. The van der Waals surface area contributed by atoms with Crippen molar-refractivity contribution < 1.29 is 9.21 Å². The molecule has 108 valence electrons. The summed E-state index contributed by atoms with van der Waals surface area (Å²) in [5.74, 6) is 0.663. The largest absolute Gasteiger partial charge is 0.467 e. The first-order valence-electron chi connectivity index (χ1n) is 6.78.